The molecule has 1 fully saturated rings. The minimum absolute atomic E-state index is 0.175. The number of benzene rings is 1. The third kappa shape index (κ3) is 2.59. The Morgan fingerprint density at radius 1 is 1.25 bits per heavy atom. The smallest absolute Gasteiger partial charge is 0.123 e. The maximum atomic E-state index is 12.8. The molecular weight excluding hydrogens is 203 g/mol. The summed E-state index contributed by atoms with van der Waals surface area (Å²) >= 11 is 0. The molecule has 0 aromatic heterocycles. The zero-order valence-electron chi connectivity index (χ0n) is 9.19. The summed E-state index contributed by atoms with van der Waals surface area (Å²) in [7, 11) is 0. The van der Waals surface area contributed by atoms with Crippen LogP contribution in [0.1, 0.15) is 24.3 Å². The summed E-state index contributed by atoms with van der Waals surface area (Å²) in [5.41, 5.74) is 1.22. The van der Waals surface area contributed by atoms with Gasteiger partial charge in [0.05, 0.1) is 12.6 Å². The first-order valence-corrected chi connectivity index (χ1v) is 5.64. The Labute approximate surface area is 95.3 Å². The second kappa shape index (κ2) is 5.09. The maximum Gasteiger partial charge on any atom is 0.123 e. The van der Waals surface area contributed by atoms with Gasteiger partial charge in [0.2, 0.25) is 0 Å². The van der Waals surface area contributed by atoms with Crippen LogP contribution in [0.2, 0.25) is 0 Å². The molecule has 0 radical (unpaired) electrons. The normalized spacial score (nSPS) is 18.2. The monoisotopic (exact) mass is 218 g/mol. The number of nitriles is 1. The molecule has 1 aromatic rings. The van der Waals surface area contributed by atoms with E-state index in [1.54, 1.807) is 0 Å². The van der Waals surface area contributed by atoms with Gasteiger partial charge in [-0.2, -0.15) is 5.26 Å². The summed E-state index contributed by atoms with van der Waals surface area (Å²) in [5.74, 6) is 0.348. The Morgan fingerprint density at radius 2 is 1.88 bits per heavy atom. The van der Waals surface area contributed by atoms with Crippen LogP contribution in [-0.2, 0) is 0 Å². The van der Waals surface area contributed by atoms with Crippen LogP contribution in [0, 0.1) is 17.1 Å². The molecule has 1 aromatic carbocycles. The lowest BCUT2D eigenvalue weighted by molar-refractivity contribution is 0.235. The molecule has 0 amide bonds. The molecule has 16 heavy (non-hydrogen) atoms. The highest BCUT2D eigenvalue weighted by molar-refractivity contribution is 5.21. The van der Waals surface area contributed by atoms with Gasteiger partial charge in [-0.3, -0.25) is 4.90 Å². The third-order valence-corrected chi connectivity index (χ3v) is 3.22. The Balaban J connectivity index is 1.94. The van der Waals surface area contributed by atoms with Crippen molar-refractivity contribution in [1.29, 1.82) is 5.26 Å². The largest absolute Gasteiger partial charge is 0.291 e. The van der Waals surface area contributed by atoms with Gasteiger partial charge in [-0.15, -0.1) is 0 Å². The number of hydrogen-bond donors (Lipinski definition) is 0. The van der Waals surface area contributed by atoms with Crippen LogP contribution in [0.4, 0.5) is 4.39 Å². The summed E-state index contributed by atoms with van der Waals surface area (Å²) < 4.78 is 12.8. The Hall–Kier alpha value is -1.40. The lowest BCUT2D eigenvalue weighted by Crippen LogP contribution is -2.33. The van der Waals surface area contributed by atoms with Gasteiger partial charge in [0.1, 0.15) is 5.82 Å². The predicted octanol–water partition coefficient (Wildman–Crippen LogP) is 2.53. The predicted molar refractivity (Wildman–Crippen MR) is 60.4 cm³/mol. The van der Waals surface area contributed by atoms with Crippen molar-refractivity contribution in [2.24, 2.45) is 0 Å². The summed E-state index contributed by atoms with van der Waals surface area (Å²) in [4.78, 5) is 2.17. The van der Waals surface area contributed by atoms with Crippen LogP contribution < -0.4 is 0 Å². The van der Waals surface area contributed by atoms with Crippen molar-refractivity contribution in [3.8, 4) is 6.07 Å². The van der Waals surface area contributed by atoms with Gasteiger partial charge in [0.15, 0.2) is 0 Å². The van der Waals surface area contributed by atoms with Gasteiger partial charge >= 0.3 is 0 Å². The molecule has 0 atom stereocenters. The second-order valence-electron chi connectivity index (χ2n) is 4.26. The highest BCUT2D eigenvalue weighted by atomic mass is 19.1. The molecule has 0 spiro atoms. The molecule has 2 rings (SSSR count). The van der Waals surface area contributed by atoms with E-state index in [-0.39, 0.29) is 5.82 Å². The number of rotatable bonds is 2. The van der Waals surface area contributed by atoms with Gasteiger partial charge in [0, 0.05) is 0 Å². The number of piperidine rings is 1. The van der Waals surface area contributed by atoms with E-state index in [0.717, 1.165) is 25.9 Å². The van der Waals surface area contributed by atoms with Crippen LogP contribution in [0.25, 0.3) is 0 Å². The van der Waals surface area contributed by atoms with E-state index in [1.807, 2.05) is 12.1 Å². The van der Waals surface area contributed by atoms with Crippen LogP contribution in [-0.4, -0.2) is 24.5 Å². The average molecular weight is 218 g/mol. The van der Waals surface area contributed by atoms with E-state index in [2.05, 4.69) is 11.0 Å². The van der Waals surface area contributed by atoms with Crippen molar-refractivity contribution in [3.05, 3.63) is 35.6 Å². The summed E-state index contributed by atoms with van der Waals surface area (Å²) in [6.07, 6.45) is 2.13. The standard InChI is InChI=1S/C13H15FN2/c14-13-3-1-11(2-4-13)12-5-8-16(9-6-12)10-7-15/h1-4,12H,5-6,8-10H2. The zero-order chi connectivity index (χ0) is 11.4. The Morgan fingerprint density at radius 3 is 2.44 bits per heavy atom. The van der Waals surface area contributed by atoms with Gasteiger partial charge in [-0.1, -0.05) is 12.1 Å². The van der Waals surface area contributed by atoms with Crippen molar-refractivity contribution >= 4 is 0 Å². The molecule has 0 bridgehead atoms. The molecule has 0 aliphatic carbocycles. The topological polar surface area (TPSA) is 27.0 Å². The number of nitrogens with zero attached hydrogens (tertiary/aromatic N) is 2. The summed E-state index contributed by atoms with van der Waals surface area (Å²) in [5, 5.41) is 8.60. The molecule has 3 heteroatoms. The number of likely N-dealkylation sites (tertiary alicyclic amines) is 1. The van der Waals surface area contributed by atoms with Gasteiger partial charge in [-0.05, 0) is 49.5 Å². The molecule has 84 valence electrons. The molecular formula is C13H15FN2. The van der Waals surface area contributed by atoms with E-state index < -0.39 is 0 Å². The van der Waals surface area contributed by atoms with Crippen molar-refractivity contribution < 1.29 is 4.39 Å². The van der Waals surface area contributed by atoms with Crippen molar-refractivity contribution in [3.63, 3.8) is 0 Å². The highest BCUT2D eigenvalue weighted by Gasteiger charge is 2.19. The van der Waals surface area contributed by atoms with Crippen LogP contribution in [0.5, 0.6) is 0 Å². The number of hydrogen-bond acceptors (Lipinski definition) is 2. The fourth-order valence-electron chi connectivity index (χ4n) is 2.26. The molecule has 1 aliphatic heterocycles. The third-order valence-electron chi connectivity index (χ3n) is 3.22. The van der Waals surface area contributed by atoms with Crippen molar-refractivity contribution in [2.75, 3.05) is 19.6 Å². The molecule has 0 unspecified atom stereocenters. The average Bonchev–Trinajstić information content (AvgIpc) is 2.32. The van der Waals surface area contributed by atoms with Crippen LogP contribution in [0.15, 0.2) is 24.3 Å². The SMILES string of the molecule is N#CCN1CCC(c2ccc(F)cc2)CC1. The van der Waals surface area contributed by atoms with Gasteiger partial charge in [0.25, 0.3) is 0 Å². The van der Waals surface area contributed by atoms with Crippen molar-refractivity contribution in [1.82, 2.24) is 4.90 Å². The summed E-state index contributed by atoms with van der Waals surface area (Å²) in [6, 6.07) is 8.98. The fraction of sp³-hybridized carbons (Fsp3) is 0.462. The molecule has 0 N–H and O–H groups in total. The maximum absolute atomic E-state index is 12.8. The minimum Gasteiger partial charge on any atom is -0.291 e. The van der Waals surface area contributed by atoms with E-state index in [1.165, 1.54) is 17.7 Å². The van der Waals surface area contributed by atoms with Crippen molar-refractivity contribution in [2.45, 2.75) is 18.8 Å². The van der Waals surface area contributed by atoms with E-state index in [4.69, 9.17) is 5.26 Å². The molecule has 1 saturated heterocycles. The van der Waals surface area contributed by atoms with Gasteiger partial charge < -0.3 is 0 Å². The lowest BCUT2D eigenvalue weighted by atomic mass is 9.89. The fourth-order valence-corrected chi connectivity index (χ4v) is 2.26. The Kier molecular flexibility index (Phi) is 3.53. The number of halogens is 1. The second-order valence-corrected chi connectivity index (χ2v) is 4.26. The molecule has 1 heterocycles. The first-order valence-electron chi connectivity index (χ1n) is 5.64. The highest BCUT2D eigenvalue weighted by Crippen LogP contribution is 2.27. The molecule has 2 nitrogen and oxygen atoms in total. The van der Waals surface area contributed by atoms with E-state index in [0.29, 0.717) is 12.5 Å². The zero-order valence-corrected chi connectivity index (χ0v) is 9.19. The first kappa shape index (κ1) is 11.1. The van der Waals surface area contributed by atoms with E-state index in [9.17, 15) is 4.39 Å². The quantitative estimate of drug-likeness (QED) is 0.713. The Bertz CT molecular complexity index is 372. The van der Waals surface area contributed by atoms with Crippen LogP contribution in [0.3, 0.4) is 0 Å². The van der Waals surface area contributed by atoms with E-state index >= 15 is 0 Å². The van der Waals surface area contributed by atoms with Crippen LogP contribution >= 0.6 is 0 Å². The minimum atomic E-state index is -0.175. The first-order chi connectivity index (χ1) is 7.79. The molecule has 1 aliphatic rings. The van der Waals surface area contributed by atoms with Gasteiger partial charge in [-0.25, -0.2) is 4.39 Å². The molecule has 0 saturated carbocycles. The summed E-state index contributed by atoms with van der Waals surface area (Å²) in [6.45, 7) is 2.46. The lowest BCUT2D eigenvalue weighted by Gasteiger charge is -2.30.